The van der Waals surface area contributed by atoms with E-state index in [4.69, 9.17) is 10.6 Å². The molecule has 4 nitrogen and oxygen atoms in total. The lowest BCUT2D eigenvalue weighted by atomic mass is 11.3. The van der Waals surface area contributed by atoms with Crippen molar-refractivity contribution < 1.29 is 9.46 Å². The van der Waals surface area contributed by atoms with Gasteiger partial charge in [-0.05, 0) is 0 Å². The molecule has 0 bridgehead atoms. The van der Waals surface area contributed by atoms with E-state index in [1.165, 1.54) is 6.66 Å². The normalized spacial score (nSPS) is 18.7. The van der Waals surface area contributed by atoms with Crippen LogP contribution in [0.5, 0.6) is 0 Å². The molecule has 0 saturated heterocycles. The summed E-state index contributed by atoms with van der Waals surface area (Å²) in [6, 6.07) is 0. The van der Waals surface area contributed by atoms with Crippen LogP contribution in [0.2, 0.25) is 0 Å². The van der Waals surface area contributed by atoms with E-state index in [9.17, 15) is 4.57 Å². The fraction of sp³-hybridized carbons (Fsp3) is 1.00. The third-order valence-corrected chi connectivity index (χ3v) is 1.15. The maximum Gasteiger partial charge on any atom is 0.265 e. The molecule has 7 heavy (non-hydrogen) atoms. The van der Waals surface area contributed by atoms with Gasteiger partial charge in [0.15, 0.2) is 0 Å². The van der Waals surface area contributed by atoms with Crippen LogP contribution in [0.4, 0.5) is 0 Å². The molecule has 4 N–H and O–H groups in total. The summed E-state index contributed by atoms with van der Waals surface area (Å²) in [7, 11) is -3.04. The van der Waals surface area contributed by atoms with Crippen molar-refractivity contribution in [2.45, 2.75) is 0 Å². The first-order valence-electron chi connectivity index (χ1n) is 1.82. The Kier molecular flexibility index (Phi) is 2.46. The SMILES string of the molecule is CP(=O)(O)NCN. The molecule has 0 aliphatic rings. The van der Waals surface area contributed by atoms with Crippen molar-refractivity contribution in [3.63, 3.8) is 0 Å². The van der Waals surface area contributed by atoms with Gasteiger partial charge < -0.3 is 10.6 Å². The van der Waals surface area contributed by atoms with Gasteiger partial charge in [0.2, 0.25) is 0 Å². The first-order chi connectivity index (χ1) is 3.06. The Morgan fingerprint density at radius 3 is 2.43 bits per heavy atom. The molecule has 0 aliphatic heterocycles. The van der Waals surface area contributed by atoms with Crippen LogP contribution in [0.25, 0.3) is 0 Å². The smallest absolute Gasteiger partial charge is 0.265 e. The summed E-state index contributed by atoms with van der Waals surface area (Å²) in [5, 5.41) is 2.17. The average molecular weight is 124 g/mol. The molecule has 0 aliphatic carbocycles. The van der Waals surface area contributed by atoms with E-state index in [-0.39, 0.29) is 6.67 Å². The van der Waals surface area contributed by atoms with Gasteiger partial charge in [0.1, 0.15) is 0 Å². The zero-order valence-corrected chi connectivity index (χ0v) is 4.98. The lowest BCUT2D eigenvalue weighted by Gasteiger charge is -2.01. The van der Waals surface area contributed by atoms with Gasteiger partial charge in [-0.1, -0.05) is 0 Å². The highest BCUT2D eigenvalue weighted by molar-refractivity contribution is 7.54. The van der Waals surface area contributed by atoms with Crippen molar-refractivity contribution in [3.8, 4) is 0 Å². The largest absolute Gasteiger partial charge is 0.333 e. The van der Waals surface area contributed by atoms with Crippen LogP contribution < -0.4 is 10.8 Å². The lowest BCUT2D eigenvalue weighted by molar-refractivity contribution is 0.471. The third kappa shape index (κ3) is 6.11. The first kappa shape index (κ1) is 7.11. The molecular formula is C2H9N2O2P. The molecule has 0 spiro atoms. The average Bonchev–Trinajstić information content (AvgIpc) is 1.30. The summed E-state index contributed by atoms with van der Waals surface area (Å²) in [4.78, 5) is 8.38. The van der Waals surface area contributed by atoms with Gasteiger partial charge >= 0.3 is 0 Å². The number of hydrogen-bond acceptors (Lipinski definition) is 2. The molecule has 0 fully saturated rings. The Bertz CT molecular complexity index is 87.7. The van der Waals surface area contributed by atoms with Crippen LogP contribution >= 0.6 is 7.52 Å². The Hall–Kier alpha value is 0.110. The fourth-order valence-electron chi connectivity index (χ4n) is 0.169. The van der Waals surface area contributed by atoms with E-state index >= 15 is 0 Å². The lowest BCUT2D eigenvalue weighted by Crippen LogP contribution is -2.18. The molecule has 0 rings (SSSR count). The van der Waals surface area contributed by atoms with Crippen LogP contribution in [0.1, 0.15) is 0 Å². The number of nitrogens with one attached hydrogen (secondary N) is 1. The predicted octanol–water partition coefficient (Wildman–Crippen LogP) is -0.693. The summed E-state index contributed by atoms with van der Waals surface area (Å²) in [5.41, 5.74) is 4.87. The zero-order valence-electron chi connectivity index (χ0n) is 4.09. The topological polar surface area (TPSA) is 75.3 Å². The number of nitrogens with two attached hydrogens (primary N) is 1. The van der Waals surface area contributed by atoms with Crippen molar-refractivity contribution in [1.82, 2.24) is 5.09 Å². The van der Waals surface area contributed by atoms with Crippen LogP contribution in [-0.4, -0.2) is 18.2 Å². The zero-order chi connectivity index (χ0) is 5.91. The quantitative estimate of drug-likeness (QED) is 0.336. The number of rotatable bonds is 2. The van der Waals surface area contributed by atoms with Crippen LogP contribution in [-0.2, 0) is 4.57 Å². The minimum absolute atomic E-state index is 0.0459. The van der Waals surface area contributed by atoms with Crippen LogP contribution in [0.3, 0.4) is 0 Å². The minimum atomic E-state index is -3.04. The molecule has 1 atom stereocenters. The van der Waals surface area contributed by atoms with E-state index in [1.807, 2.05) is 0 Å². The van der Waals surface area contributed by atoms with Crippen molar-refractivity contribution in [2.24, 2.45) is 5.73 Å². The van der Waals surface area contributed by atoms with Gasteiger partial charge in [0.05, 0.1) is 6.67 Å². The Labute approximate surface area is 42.2 Å². The monoisotopic (exact) mass is 124 g/mol. The van der Waals surface area contributed by atoms with E-state index in [0.717, 1.165) is 0 Å². The molecule has 0 radical (unpaired) electrons. The van der Waals surface area contributed by atoms with Crippen molar-refractivity contribution in [1.29, 1.82) is 0 Å². The first-order valence-corrected chi connectivity index (χ1v) is 3.92. The van der Waals surface area contributed by atoms with E-state index in [2.05, 4.69) is 5.09 Å². The highest BCUT2D eigenvalue weighted by Crippen LogP contribution is 2.27. The maximum atomic E-state index is 10.2. The molecule has 0 aromatic carbocycles. The minimum Gasteiger partial charge on any atom is -0.333 e. The second-order valence-corrected chi connectivity index (χ2v) is 3.32. The Morgan fingerprint density at radius 2 is 2.43 bits per heavy atom. The predicted molar refractivity (Wildman–Crippen MR) is 27.9 cm³/mol. The van der Waals surface area contributed by atoms with Gasteiger partial charge in [0.25, 0.3) is 7.52 Å². The molecule has 0 saturated carbocycles. The molecule has 0 aromatic heterocycles. The van der Waals surface area contributed by atoms with Gasteiger partial charge in [-0.25, -0.2) is 5.09 Å². The summed E-state index contributed by atoms with van der Waals surface area (Å²) in [5.74, 6) is 0. The Balaban J connectivity index is 3.36. The number of hydrogen-bond donors (Lipinski definition) is 3. The molecule has 0 amide bonds. The summed E-state index contributed by atoms with van der Waals surface area (Å²) in [6.07, 6.45) is 0. The highest BCUT2D eigenvalue weighted by atomic mass is 31.2. The second kappa shape index (κ2) is 2.43. The van der Waals surface area contributed by atoms with Crippen molar-refractivity contribution in [3.05, 3.63) is 0 Å². The molecule has 0 heterocycles. The molecule has 44 valence electrons. The van der Waals surface area contributed by atoms with E-state index in [1.54, 1.807) is 0 Å². The van der Waals surface area contributed by atoms with Gasteiger partial charge in [-0.2, -0.15) is 0 Å². The molecule has 5 heteroatoms. The molecule has 0 aromatic rings. The van der Waals surface area contributed by atoms with Gasteiger partial charge in [-0.3, -0.25) is 4.57 Å². The van der Waals surface area contributed by atoms with Crippen molar-refractivity contribution >= 4 is 7.52 Å². The van der Waals surface area contributed by atoms with Gasteiger partial charge in [-0.15, -0.1) is 0 Å². The van der Waals surface area contributed by atoms with Crippen molar-refractivity contribution in [2.75, 3.05) is 13.3 Å². The molecule has 1 unspecified atom stereocenters. The second-order valence-electron chi connectivity index (χ2n) is 1.24. The summed E-state index contributed by atoms with van der Waals surface area (Å²) < 4.78 is 10.2. The fourth-order valence-corrected chi connectivity index (χ4v) is 0.508. The standard InChI is InChI=1S/C2H9N2O2P/c1-7(5,6)4-2-3/h2-3H2,1H3,(H2,4,5,6). The summed E-state index contributed by atoms with van der Waals surface area (Å²) in [6.45, 7) is 1.24. The van der Waals surface area contributed by atoms with Crippen LogP contribution in [0.15, 0.2) is 0 Å². The van der Waals surface area contributed by atoms with Crippen LogP contribution in [0, 0.1) is 0 Å². The van der Waals surface area contributed by atoms with E-state index < -0.39 is 7.52 Å². The Morgan fingerprint density at radius 1 is 2.00 bits per heavy atom. The third-order valence-electron chi connectivity index (χ3n) is 0.385. The van der Waals surface area contributed by atoms with E-state index in [0.29, 0.717) is 0 Å². The highest BCUT2D eigenvalue weighted by Gasteiger charge is 2.03. The maximum absolute atomic E-state index is 10.2. The summed E-state index contributed by atoms with van der Waals surface area (Å²) >= 11 is 0. The van der Waals surface area contributed by atoms with Gasteiger partial charge in [0, 0.05) is 6.66 Å². The molecular weight excluding hydrogens is 115 g/mol.